The fraction of sp³-hybridized carbons (Fsp3) is 0.182. The maximum absolute atomic E-state index is 13.3. The first-order valence-corrected chi connectivity index (χ1v) is 10.7. The molecule has 2 aromatic carbocycles. The van der Waals surface area contributed by atoms with Crippen LogP contribution in [0, 0.1) is 0 Å². The molecule has 3 rings (SSSR count). The van der Waals surface area contributed by atoms with Crippen LogP contribution in [0.3, 0.4) is 0 Å². The number of sulfone groups is 1. The second-order valence-electron chi connectivity index (χ2n) is 6.44. The first kappa shape index (κ1) is 21.3. The summed E-state index contributed by atoms with van der Waals surface area (Å²) >= 11 is 0. The average molecular weight is 427 g/mol. The molecule has 30 heavy (non-hydrogen) atoms. The number of ether oxygens (including phenoxy) is 2. The molecule has 0 aliphatic heterocycles. The van der Waals surface area contributed by atoms with Crippen LogP contribution in [-0.4, -0.2) is 38.2 Å². The van der Waals surface area contributed by atoms with Gasteiger partial charge in [-0.3, -0.25) is 4.79 Å². The molecule has 3 aromatic rings. The lowest BCUT2D eigenvalue weighted by Gasteiger charge is -2.11. The molecule has 0 atom stereocenters. The van der Waals surface area contributed by atoms with Gasteiger partial charge >= 0.3 is 5.97 Å². The van der Waals surface area contributed by atoms with E-state index in [1.54, 1.807) is 43.5 Å². The smallest absolute Gasteiger partial charge is 0.307 e. The Balaban J connectivity index is 2.04. The second-order valence-corrected chi connectivity index (χ2v) is 8.39. The van der Waals surface area contributed by atoms with Gasteiger partial charge in [-0.15, -0.1) is 0 Å². The van der Waals surface area contributed by atoms with Gasteiger partial charge in [-0.05, 0) is 54.4 Å². The van der Waals surface area contributed by atoms with E-state index in [1.165, 1.54) is 31.4 Å². The Labute approximate surface area is 174 Å². The maximum atomic E-state index is 13.3. The zero-order valence-electron chi connectivity index (χ0n) is 16.5. The van der Waals surface area contributed by atoms with Crippen molar-refractivity contribution in [3.63, 3.8) is 0 Å². The molecule has 0 bridgehead atoms. The largest absolute Gasteiger partial charge is 0.494 e. The standard InChI is InChI=1S/C22H21NO6S/c1-3-29-18-9-15(11-22(24)25)10-20(13-18)30(26,27)19-6-4-5-16(12-19)17-7-8-21(28-2)23-14-17/h4-10,12-14H,3,11H2,1-2H3,(H,24,25). The lowest BCUT2D eigenvalue weighted by molar-refractivity contribution is -0.136. The first-order valence-electron chi connectivity index (χ1n) is 9.17. The van der Waals surface area contributed by atoms with Gasteiger partial charge in [0.15, 0.2) is 0 Å². The van der Waals surface area contributed by atoms with Gasteiger partial charge in [0.2, 0.25) is 15.7 Å². The molecule has 156 valence electrons. The van der Waals surface area contributed by atoms with Crippen LogP contribution < -0.4 is 9.47 Å². The van der Waals surface area contributed by atoms with E-state index < -0.39 is 15.8 Å². The molecule has 0 fully saturated rings. The number of nitrogens with zero attached hydrogens (tertiary/aromatic N) is 1. The highest BCUT2D eigenvalue weighted by molar-refractivity contribution is 7.91. The number of methoxy groups -OCH3 is 1. The van der Waals surface area contributed by atoms with Crippen LogP contribution in [0.15, 0.2) is 70.6 Å². The molecule has 0 saturated heterocycles. The number of benzene rings is 2. The van der Waals surface area contributed by atoms with Crippen molar-refractivity contribution in [2.75, 3.05) is 13.7 Å². The van der Waals surface area contributed by atoms with Gasteiger partial charge in [-0.1, -0.05) is 12.1 Å². The number of carboxylic acid groups (broad SMARTS) is 1. The van der Waals surface area contributed by atoms with Gasteiger partial charge in [-0.2, -0.15) is 0 Å². The summed E-state index contributed by atoms with van der Waals surface area (Å²) in [7, 11) is -2.38. The topological polar surface area (TPSA) is 103 Å². The summed E-state index contributed by atoms with van der Waals surface area (Å²) in [6.07, 6.45) is 1.30. The third kappa shape index (κ3) is 4.77. The lowest BCUT2D eigenvalue weighted by atomic mass is 10.1. The number of carbonyl (C=O) groups is 1. The minimum atomic E-state index is -3.90. The summed E-state index contributed by atoms with van der Waals surface area (Å²) in [4.78, 5) is 15.3. The Morgan fingerprint density at radius 2 is 1.83 bits per heavy atom. The highest BCUT2D eigenvalue weighted by Crippen LogP contribution is 2.29. The van der Waals surface area contributed by atoms with E-state index in [2.05, 4.69) is 4.98 Å². The Hall–Kier alpha value is -3.39. The number of hydrogen-bond acceptors (Lipinski definition) is 6. The van der Waals surface area contributed by atoms with E-state index in [-0.39, 0.29) is 16.2 Å². The van der Waals surface area contributed by atoms with Crippen molar-refractivity contribution < 1.29 is 27.8 Å². The molecule has 1 N–H and O–H groups in total. The molecule has 0 amide bonds. The van der Waals surface area contributed by atoms with Crippen molar-refractivity contribution in [2.24, 2.45) is 0 Å². The van der Waals surface area contributed by atoms with Gasteiger partial charge in [0, 0.05) is 17.8 Å². The summed E-state index contributed by atoms with van der Waals surface area (Å²) < 4.78 is 37.0. The monoisotopic (exact) mass is 427 g/mol. The predicted molar refractivity (Wildman–Crippen MR) is 111 cm³/mol. The van der Waals surface area contributed by atoms with Crippen molar-refractivity contribution in [1.82, 2.24) is 4.98 Å². The molecule has 0 aliphatic carbocycles. The molecule has 7 nitrogen and oxygen atoms in total. The van der Waals surface area contributed by atoms with Crippen molar-refractivity contribution >= 4 is 15.8 Å². The number of carboxylic acids is 1. The molecular weight excluding hydrogens is 406 g/mol. The van der Waals surface area contributed by atoms with Gasteiger partial charge in [0.05, 0.1) is 29.9 Å². The van der Waals surface area contributed by atoms with E-state index in [4.69, 9.17) is 14.6 Å². The van der Waals surface area contributed by atoms with Gasteiger partial charge in [-0.25, -0.2) is 13.4 Å². The average Bonchev–Trinajstić information content (AvgIpc) is 2.73. The number of hydrogen-bond donors (Lipinski definition) is 1. The molecule has 0 spiro atoms. The van der Waals surface area contributed by atoms with Crippen LogP contribution in [-0.2, 0) is 21.1 Å². The van der Waals surface area contributed by atoms with E-state index in [9.17, 15) is 13.2 Å². The highest BCUT2D eigenvalue weighted by Gasteiger charge is 2.21. The molecule has 8 heteroatoms. The van der Waals surface area contributed by atoms with Crippen molar-refractivity contribution in [3.8, 4) is 22.8 Å². The van der Waals surface area contributed by atoms with Crippen LogP contribution in [0.1, 0.15) is 12.5 Å². The predicted octanol–water partition coefficient (Wildman–Crippen LogP) is 3.62. The summed E-state index contributed by atoms with van der Waals surface area (Å²) in [5, 5.41) is 9.09. The third-order valence-corrected chi connectivity index (χ3v) is 6.07. The van der Waals surface area contributed by atoms with E-state index in [0.717, 1.165) is 5.56 Å². The SMILES string of the molecule is CCOc1cc(CC(=O)O)cc(S(=O)(=O)c2cccc(-c3ccc(OC)nc3)c2)c1. The zero-order chi connectivity index (χ0) is 21.7. The van der Waals surface area contributed by atoms with Gasteiger partial charge in [0.25, 0.3) is 0 Å². The minimum Gasteiger partial charge on any atom is -0.494 e. The zero-order valence-corrected chi connectivity index (χ0v) is 17.3. The number of aromatic nitrogens is 1. The molecule has 0 unspecified atom stereocenters. The van der Waals surface area contributed by atoms with E-state index >= 15 is 0 Å². The van der Waals surface area contributed by atoms with Crippen molar-refractivity contribution in [3.05, 3.63) is 66.4 Å². The Kier molecular flexibility index (Phi) is 6.37. The van der Waals surface area contributed by atoms with Gasteiger partial charge < -0.3 is 14.6 Å². The fourth-order valence-corrected chi connectivity index (χ4v) is 4.35. The van der Waals surface area contributed by atoms with E-state index in [1.807, 2.05) is 0 Å². The Morgan fingerprint density at radius 1 is 1.03 bits per heavy atom. The quantitative estimate of drug-likeness (QED) is 0.586. The van der Waals surface area contributed by atoms with Crippen LogP contribution in [0.2, 0.25) is 0 Å². The number of aliphatic carboxylic acids is 1. The molecule has 0 radical (unpaired) electrons. The molecule has 0 saturated carbocycles. The maximum Gasteiger partial charge on any atom is 0.307 e. The highest BCUT2D eigenvalue weighted by atomic mass is 32.2. The van der Waals surface area contributed by atoms with E-state index in [0.29, 0.717) is 29.4 Å². The van der Waals surface area contributed by atoms with Crippen LogP contribution in [0.4, 0.5) is 0 Å². The Bertz CT molecular complexity index is 1160. The second kappa shape index (κ2) is 8.96. The first-order chi connectivity index (χ1) is 14.3. The van der Waals surface area contributed by atoms with Crippen LogP contribution >= 0.6 is 0 Å². The summed E-state index contributed by atoms with van der Waals surface area (Å²) in [5.41, 5.74) is 1.77. The minimum absolute atomic E-state index is 0.0188. The lowest BCUT2D eigenvalue weighted by Crippen LogP contribution is -2.06. The summed E-state index contributed by atoms with van der Waals surface area (Å²) in [5.74, 6) is -0.285. The summed E-state index contributed by atoms with van der Waals surface area (Å²) in [6.45, 7) is 2.10. The van der Waals surface area contributed by atoms with Crippen molar-refractivity contribution in [2.45, 2.75) is 23.1 Å². The molecule has 1 heterocycles. The van der Waals surface area contributed by atoms with Gasteiger partial charge in [0.1, 0.15) is 5.75 Å². The molecule has 1 aromatic heterocycles. The van der Waals surface area contributed by atoms with Crippen LogP contribution in [0.25, 0.3) is 11.1 Å². The third-order valence-electron chi connectivity index (χ3n) is 4.34. The number of rotatable bonds is 8. The number of pyridine rings is 1. The fourth-order valence-electron chi connectivity index (χ4n) is 2.96. The molecule has 0 aliphatic rings. The van der Waals surface area contributed by atoms with Crippen LogP contribution in [0.5, 0.6) is 11.6 Å². The Morgan fingerprint density at radius 3 is 2.47 bits per heavy atom. The van der Waals surface area contributed by atoms with Crippen molar-refractivity contribution in [1.29, 1.82) is 0 Å². The normalized spacial score (nSPS) is 11.1. The molecular formula is C22H21NO6S. The summed E-state index contributed by atoms with van der Waals surface area (Å²) in [6, 6.07) is 14.3.